The van der Waals surface area contributed by atoms with Gasteiger partial charge in [0.15, 0.2) is 0 Å². The topological polar surface area (TPSA) is 101 Å². The Morgan fingerprint density at radius 1 is 1.12 bits per heavy atom. The number of aryl methyl sites for hydroxylation is 1. The molecule has 0 unspecified atom stereocenters. The Labute approximate surface area is 188 Å². The third-order valence-corrected chi connectivity index (χ3v) is 6.01. The summed E-state index contributed by atoms with van der Waals surface area (Å²) in [6, 6.07) is 21.5. The number of thiazole rings is 1. The summed E-state index contributed by atoms with van der Waals surface area (Å²) >= 11 is 1.52. The predicted molar refractivity (Wildman–Crippen MR) is 123 cm³/mol. The largest absolute Gasteiger partial charge is 0.350 e. The van der Waals surface area contributed by atoms with Crippen molar-refractivity contribution in [2.75, 3.05) is 6.54 Å². The summed E-state index contributed by atoms with van der Waals surface area (Å²) < 4.78 is 1.34. The van der Waals surface area contributed by atoms with Crippen LogP contribution in [0.1, 0.15) is 21.6 Å². The Bertz CT molecular complexity index is 1370. The first-order valence-corrected chi connectivity index (χ1v) is 10.8. The standard InChI is InChI=1S/C24H19N5O2S/c1-16-22(32-24(27-16)18-7-3-2-4-8-18)20-10-11-21(30)29(28-20)13-12-26-23(31)19-9-5-6-17(14-19)15-25/h2-11,14H,12-13H2,1H3,(H,26,31). The fourth-order valence-corrected chi connectivity index (χ4v) is 4.21. The van der Waals surface area contributed by atoms with E-state index in [9.17, 15) is 9.59 Å². The summed E-state index contributed by atoms with van der Waals surface area (Å²) in [5.74, 6) is -0.308. The molecule has 2 aromatic heterocycles. The van der Waals surface area contributed by atoms with Crippen LogP contribution in [0.15, 0.2) is 71.5 Å². The van der Waals surface area contributed by atoms with Crippen LogP contribution in [0, 0.1) is 18.3 Å². The zero-order chi connectivity index (χ0) is 22.5. The lowest BCUT2D eigenvalue weighted by Gasteiger charge is -2.08. The highest BCUT2D eigenvalue weighted by Gasteiger charge is 2.14. The first-order valence-electron chi connectivity index (χ1n) is 9.95. The summed E-state index contributed by atoms with van der Waals surface area (Å²) in [4.78, 5) is 30.2. The maximum atomic E-state index is 12.3. The van der Waals surface area contributed by atoms with Crippen molar-refractivity contribution in [2.24, 2.45) is 0 Å². The molecule has 4 rings (SSSR count). The third-order valence-electron chi connectivity index (χ3n) is 4.78. The van der Waals surface area contributed by atoms with E-state index in [0.717, 1.165) is 21.1 Å². The van der Waals surface area contributed by atoms with Crippen molar-refractivity contribution >= 4 is 17.2 Å². The average molecular weight is 442 g/mol. The van der Waals surface area contributed by atoms with E-state index >= 15 is 0 Å². The highest BCUT2D eigenvalue weighted by atomic mass is 32.1. The van der Waals surface area contributed by atoms with E-state index in [4.69, 9.17) is 5.26 Å². The van der Waals surface area contributed by atoms with E-state index in [0.29, 0.717) is 16.8 Å². The van der Waals surface area contributed by atoms with Crippen LogP contribution < -0.4 is 10.9 Å². The van der Waals surface area contributed by atoms with Crippen LogP contribution in [0.3, 0.4) is 0 Å². The van der Waals surface area contributed by atoms with E-state index < -0.39 is 0 Å². The van der Waals surface area contributed by atoms with Gasteiger partial charge in [0.05, 0.1) is 28.7 Å². The fraction of sp³-hybridized carbons (Fsp3) is 0.125. The molecule has 2 heterocycles. The molecule has 2 aromatic carbocycles. The number of aromatic nitrogens is 3. The first-order chi connectivity index (χ1) is 15.5. The zero-order valence-corrected chi connectivity index (χ0v) is 18.1. The first kappa shape index (κ1) is 21.2. The van der Waals surface area contributed by atoms with Gasteiger partial charge in [-0.15, -0.1) is 11.3 Å². The van der Waals surface area contributed by atoms with Crippen LogP contribution in [0.2, 0.25) is 0 Å². The summed E-state index contributed by atoms with van der Waals surface area (Å²) in [5.41, 5.74) is 3.10. The molecule has 32 heavy (non-hydrogen) atoms. The van der Waals surface area contributed by atoms with E-state index in [2.05, 4.69) is 15.4 Å². The molecule has 0 spiro atoms. The van der Waals surface area contributed by atoms with E-state index in [-0.39, 0.29) is 24.6 Å². The minimum Gasteiger partial charge on any atom is -0.350 e. The number of nitrogens with zero attached hydrogens (tertiary/aromatic N) is 4. The molecule has 0 bridgehead atoms. The van der Waals surface area contributed by atoms with Crippen molar-refractivity contribution in [3.05, 3.63) is 93.9 Å². The molecule has 7 nitrogen and oxygen atoms in total. The van der Waals surface area contributed by atoms with Crippen molar-refractivity contribution in [1.82, 2.24) is 20.1 Å². The summed E-state index contributed by atoms with van der Waals surface area (Å²) in [7, 11) is 0. The molecule has 0 fully saturated rings. The Morgan fingerprint density at radius 2 is 1.94 bits per heavy atom. The van der Waals surface area contributed by atoms with Gasteiger partial charge in [0.2, 0.25) is 0 Å². The molecule has 0 aliphatic heterocycles. The predicted octanol–water partition coefficient (Wildman–Crippen LogP) is 3.64. The lowest BCUT2D eigenvalue weighted by molar-refractivity contribution is 0.0951. The zero-order valence-electron chi connectivity index (χ0n) is 17.3. The molecule has 0 atom stereocenters. The van der Waals surface area contributed by atoms with Crippen LogP contribution in [-0.4, -0.2) is 27.2 Å². The van der Waals surface area contributed by atoms with Gasteiger partial charge in [-0.05, 0) is 31.2 Å². The third kappa shape index (κ3) is 4.63. The Balaban J connectivity index is 1.49. The maximum Gasteiger partial charge on any atom is 0.266 e. The van der Waals surface area contributed by atoms with Gasteiger partial charge in [-0.2, -0.15) is 10.4 Å². The number of rotatable bonds is 6. The van der Waals surface area contributed by atoms with Crippen molar-refractivity contribution < 1.29 is 4.79 Å². The quantitative estimate of drug-likeness (QED) is 0.492. The normalized spacial score (nSPS) is 10.5. The molecular weight excluding hydrogens is 422 g/mol. The Kier molecular flexibility index (Phi) is 6.19. The number of hydrogen-bond donors (Lipinski definition) is 1. The molecule has 1 amide bonds. The number of carbonyl (C=O) groups is 1. The van der Waals surface area contributed by atoms with Crippen LogP contribution in [-0.2, 0) is 6.54 Å². The molecule has 158 valence electrons. The van der Waals surface area contributed by atoms with Gasteiger partial charge in [0.25, 0.3) is 11.5 Å². The lowest BCUT2D eigenvalue weighted by Crippen LogP contribution is -2.32. The van der Waals surface area contributed by atoms with Gasteiger partial charge in [-0.1, -0.05) is 36.4 Å². The molecule has 0 aliphatic carbocycles. The SMILES string of the molecule is Cc1nc(-c2ccccc2)sc1-c1ccc(=O)n(CCNC(=O)c2cccc(C#N)c2)n1. The molecule has 4 aromatic rings. The van der Waals surface area contributed by atoms with Crippen LogP contribution >= 0.6 is 11.3 Å². The number of nitrogens with one attached hydrogen (secondary N) is 1. The highest BCUT2D eigenvalue weighted by molar-refractivity contribution is 7.18. The van der Waals surface area contributed by atoms with Crippen molar-refractivity contribution in [1.29, 1.82) is 5.26 Å². The highest BCUT2D eigenvalue weighted by Crippen LogP contribution is 2.33. The number of benzene rings is 2. The molecular formula is C24H19N5O2S. The molecule has 0 saturated carbocycles. The molecule has 8 heteroatoms. The minimum absolute atomic E-state index is 0.222. The summed E-state index contributed by atoms with van der Waals surface area (Å²) in [5, 5.41) is 17.1. The molecule has 1 N–H and O–H groups in total. The Morgan fingerprint density at radius 3 is 2.72 bits per heavy atom. The summed E-state index contributed by atoms with van der Waals surface area (Å²) in [6.45, 7) is 2.37. The molecule has 0 saturated heterocycles. The Hall–Kier alpha value is -4.09. The number of carbonyl (C=O) groups excluding carboxylic acids is 1. The van der Waals surface area contributed by atoms with Gasteiger partial charge in [-0.3, -0.25) is 9.59 Å². The van der Waals surface area contributed by atoms with Crippen LogP contribution in [0.5, 0.6) is 0 Å². The van der Waals surface area contributed by atoms with Gasteiger partial charge in [0, 0.05) is 23.7 Å². The molecule has 0 radical (unpaired) electrons. The van der Waals surface area contributed by atoms with Gasteiger partial charge < -0.3 is 5.32 Å². The second-order valence-electron chi connectivity index (χ2n) is 7.03. The second kappa shape index (κ2) is 9.37. The van der Waals surface area contributed by atoms with Crippen molar-refractivity contribution in [3.8, 4) is 27.2 Å². The van der Waals surface area contributed by atoms with Crippen molar-refractivity contribution in [2.45, 2.75) is 13.5 Å². The van der Waals surface area contributed by atoms with Gasteiger partial charge >= 0.3 is 0 Å². The smallest absolute Gasteiger partial charge is 0.266 e. The fourth-order valence-electron chi connectivity index (χ4n) is 3.18. The van der Waals surface area contributed by atoms with E-state index in [1.165, 1.54) is 28.2 Å². The molecule has 0 aliphatic rings. The maximum absolute atomic E-state index is 12.3. The number of nitriles is 1. The average Bonchev–Trinajstić information content (AvgIpc) is 3.22. The van der Waals surface area contributed by atoms with Gasteiger partial charge in [0.1, 0.15) is 10.7 Å². The lowest BCUT2D eigenvalue weighted by atomic mass is 10.1. The van der Waals surface area contributed by atoms with E-state index in [1.54, 1.807) is 24.3 Å². The van der Waals surface area contributed by atoms with E-state index in [1.807, 2.05) is 43.3 Å². The monoisotopic (exact) mass is 441 g/mol. The van der Waals surface area contributed by atoms with Crippen molar-refractivity contribution in [3.63, 3.8) is 0 Å². The van der Waals surface area contributed by atoms with Crippen LogP contribution in [0.25, 0.3) is 21.1 Å². The van der Waals surface area contributed by atoms with Crippen LogP contribution in [0.4, 0.5) is 0 Å². The summed E-state index contributed by atoms with van der Waals surface area (Å²) in [6.07, 6.45) is 0. The number of hydrogen-bond acceptors (Lipinski definition) is 6. The second-order valence-corrected chi connectivity index (χ2v) is 8.03. The number of amides is 1. The van der Waals surface area contributed by atoms with Gasteiger partial charge in [-0.25, -0.2) is 9.67 Å². The minimum atomic E-state index is -0.308.